The average molecular weight is 145 g/mol. The molecule has 0 aromatic rings. The molecular weight excluding hydrogens is 134 g/mol. The zero-order valence-corrected chi connectivity index (χ0v) is 5.66. The second kappa shape index (κ2) is 2.47. The van der Waals surface area contributed by atoms with Crippen LogP contribution in [0.5, 0.6) is 0 Å². The lowest BCUT2D eigenvalue weighted by Gasteiger charge is -2.07. The highest BCUT2D eigenvalue weighted by molar-refractivity contribution is 4.76. The summed E-state index contributed by atoms with van der Waals surface area (Å²) in [5, 5.41) is 0. The fourth-order valence-corrected chi connectivity index (χ4v) is 0.735. The largest absolute Gasteiger partial charge is 0.371 e. The summed E-state index contributed by atoms with van der Waals surface area (Å²) in [5.41, 5.74) is 5.55. The van der Waals surface area contributed by atoms with Crippen LogP contribution in [0.2, 0.25) is 0 Å². The Bertz CT molecular complexity index is 122. The molecule has 0 amide bonds. The first-order valence-corrected chi connectivity index (χ1v) is 3.46. The molecule has 0 aromatic carbocycles. The van der Waals surface area contributed by atoms with E-state index in [4.69, 9.17) is 19.9 Å². The van der Waals surface area contributed by atoms with Gasteiger partial charge in [-0.2, -0.15) is 0 Å². The maximum absolute atomic E-state index is 5.55. The van der Waals surface area contributed by atoms with Crippen molar-refractivity contribution in [2.45, 2.75) is 18.4 Å². The van der Waals surface area contributed by atoms with Gasteiger partial charge in [0.05, 0.1) is 19.8 Å². The van der Waals surface area contributed by atoms with Crippen molar-refractivity contribution in [2.24, 2.45) is 5.73 Å². The van der Waals surface area contributed by atoms with Crippen LogP contribution in [0.4, 0.5) is 0 Å². The second-order valence-corrected chi connectivity index (χ2v) is 2.63. The van der Waals surface area contributed by atoms with Crippen molar-refractivity contribution in [3.8, 4) is 0 Å². The van der Waals surface area contributed by atoms with Crippen LogP contribution >= 0.6 is 0 Å². The third-order valence-electron chi connectivity index (χ3n) is 1.60. The van der Waals surface area contributed by atoms with Crippen molar-refractivity contribution in [1.29, 1.82) is 0 Å². The monoisotopic (exact) mass is 145 g/mol. The molecule has 3 atom stereocenters. The van der Waals surface area contributed by atoms with Gasteiger partial charge in [0.25, 0.3) is 0 Å². The lowest BCUT2D eigenvalue weighted by molar-refractivity contribution is 0.0286. The van der Waals surface area contributed by atoms with Crippen LogP contribution < -0.4 is 5.73 Å². The minimum atomic E-state index is -0.246. The Morgan fingerprint density at radius 1 is 1.50 bits per heavy atom. The molecule has 0 spiro atoms. The minimum Gasteiger partial charge on any atom is -0.371 e. The molecule has 0 saturated carbocycles. The Labute approximate surface area is 59.2 Å². The van der Waals surface area contributed by atoms with E-state index in [1.807, 2.05) is 0 Å². The van der Waals surface area contributed by atoms with E-state index in [9.17, 15) is 0 Å². The summed E-state index contributed by atoms with van der Waals surface area (Å²) in [6.45, 7) is 2.17. The van der Waals surface area contributed by atoms with E-state index in [1.165, 1.54) is 0 Å². The van der Waals surface area contributed by atoms with E-state index in [0.29, 0.717) is 12.7 Å². The molecule has 2 aliphatic rings. The second-order valence-electron chi connectivity index (χ2n) is 2.63. The smallest absolute Gasteiger partial charge is 0.134 e. The lowest BCUT2D eigenvalue weighted by Crippen LogP contribution is -2.31. The van der Waals surface area contributed by atoms with Gasteiger partial charge in [-0.25, -0.2) is 0 Å². The summed E-state index contributed by atoms with van der Waals surface area (Å²) in [6, 6.07) is 0. The van der Waals surface area contributed by atoms with Crippen LogP contribution in [0.3, 0.4) is 0 Å². The van der Waals surface area contributed by atoms with Crippen molar-refractivity contribution < 1.29 is 14.2 Å². The van der Waals surface area contributed by atoms with Gasteiger partial charge in [-0.15, -0.1) is 0 Å². The summed E-state index contributed by atoms with van der Waals surface area (Å²) in [4.78, 5) is 0. The first-order valence-electron chi connectivity index (χ1n) is 3.46. The first kappa shape index (κ1) is 6.54. The summed E-state index contributed by atoms with van der Waals surface area (Å²) in [5.74, 6) is 0. The molecule has 3 unspecified atom stereocenters. The molecule has 2 N–H and O–H groups in total. The van der Waals surface area contributed by atoms with Crippen LogP contribution in [0, 0.1) is 0 Å². The molecule has 2 heterocycles. The number of epoxide rings is 2. The van der Waals surface area contributed by atoms with E-state index in [0.717, 1.165) is 13.2 Å². The van der Waals surface area contributed by atoms with E-state index < -0.39 is 0 Å². The van der Waals surface area contributed by atoms with E-state index in [2.05, 4.69) is 0 Å². The van der Waals surface area contributed by atoms with Crippen molar-refractivity contribution >= 4 is 0 Å². The number of hydrogen-bond acceptors (Lipinski definition) is 4. The molecule has 2 fully saturated rings. The van der Waals surface area contributed by atoms with Gasteiger partial charge in [-0.05, 0) is 0 Å². The predicted octanol–water partition coefficient (Wildman–Crippen LogP) is -0.915. The highest BCUT2D eigenvalue weighted by Gasteiger charge is 2.32. The molecule has 0 bridgehead atoms. The molecule has 58 valence electrons. The predicted molar refractivity (Wildman–Crippen MR) is 33.4 cm³/mol. The Kier molecular flexibility index (Phi) is 1.61. The molecule has 0 aromatic heterocycles. The maximum atomic E-state index is 5.55. The maximum Gasteiger partial charge on any atom is 0.134 e. The van der Waals surface area contributed by atoms with Gasteiger partial charge in [0.1, 0.15) is 18.4 Å². The highest BCUT2D eigenvalue weighted by atomic mass is 16.6. The highest BCUT2D eigenvalue weighted by Crippen LogP contribution is 2.15. The number of ether oxygens (including phenoxy) is 3. The van der Waals surface area contributed by atoms with Gasteiger partial charge in [0.2, 0.25) is 0 Å². The molecule has 0 radical (unpaired) electrons. The molecule has 4 heteroatoms. The molecule has 10 heavy (non-hydrogen) atoms. The Morgan fingerprint density at radius 2 is 2.20 bits per heavy atom. The van der Waals surface area contributed by atoms with Crippen LogP contribution in [-0.4, -0.2) is 38.3 Å². The summed E-state index contributed by atoms with van der Waals surface area (Å²) < 4.78 is 15.1. The summed E-state index contributed by atoms with van der Waals surface area (Å²) in [7, 11) is 0. The van der Waals surface area contributed by atoms with E-state index in [-0.39, 0.29) is 12.3 Å². The quantitative estimate of drug-likeness (QED) is 0.411. The summed E-state index contributed by atoms with van der Waals surface area (Å²) >= 11 is 0. The minimum absolute atomic E-state index is 0.138. The molecule has 2 saturated heterocycles. The van der Waals surface area contributed by atoms with Crippen molar-refractivity contribution in [3.05, 3.63) is 0 Å². The molecular formula is C6H11NO3. The topological polar surface area (TPSA) is 60.3 Å². The Hall–Kier alpha value is -0.160. The molecule has 0 aliphatic carbocycles. The molecule has 2 rings (SSSR count). The van der Waals surface area contributed by atoms with E-state index >= 15 is 0 Å². The van der Waals surface area contributed by atoms with Gasteiger partial charge in [-0.3, -0.25) is 0 Å². The van der Waals surface area contributed by atoms with Crippen LogP contribution in [0.15, 0.2) is 0 Å². The normalized spacial score (nSPS) is 39.3. The van der Waals surface area contributed by atoms with Crippen LogP contribution in [0.25, 0.3) is 0 Å². The number of rotatable bonds is 4. The van der Waals surface area contributed by atoms with Crippen LogP contribution in [-0.2, 0) is 14.2 Å². The van der Waals surface area contributed by atoms with E-state index in [1.54, 1.807) is 0 Å². The van der Waals surface area contributed by atoms with Crippen LogP contribution in [0.1, 0.15) is 0 Å². The Morgan fingerprint density at radius 3 is 2.70 bits per heavy atom. The number of hydrogen-bond donors (Lipinski definition) is 1. The van der Waals surface area contributed by atoms with Gasteiger partial charge < -0.3 is 19.9 Å². The SMILES string of the molecule is NC(OCC1CO1)C1CO1. The first-order chi connectivity index (χ1) is 4.86. The van der Waals surface area contributed by atoms with Crippen molar-refractivity contribution in [1.82, 2.24) is 0 Å². The fraction of sp³-hybridized carbons (Fsp3) is 1.00. The standard InChI is InChI=1S/C6H11NO3/c7-6(5-3-9-5)10-2-4-1-8-4/h4-6H,1-3,7H2. The van der Waals surface area contributed by atoms with Gasteiger partial charge >= 0.3 is 0 Å². The van der Waals surface area contributed by atoms with Gasteiger partial charge in [-0.1, -0.05) is 0 Å². The zero-order valence-electron chi connectivity index (χ0n) is 5.66. The third-order valence-corrected chi connectivity index (χ3v) is 1.60. The average Bonchev–Trinajstić information content (AvgIpc) is 2.76. The third kappa shape index (κ3) is 1.67. The summed E-state index contributed by atoms with van der Waals surface area (Å²) in [6.07, 6.45) is 0.188. The van der Waals surface area contributed by atoms with Gasteiger partial charge in [0, 0.05) is 0 Å². The number of nitrogens with two attached hydrogens (primary N) is 1. The zero-order chi connectivity index (χ0) is 6.97. The fourth-order valence-electron chi connectivity index (χ4n) is 0.735. The Balaban J connectivity index is 1.58. The lowest BCUT2D eigenvalue weighted by atomic mass is 10.4. The van der Waals surface area contributed by atoms with Crippen molar-refractivity contribution in [3.63, 3.8) is 0 Å². The molecule has 2 aliphatic heterocycles. The van der Waals surface area contributed by atoms with Gasteiger partial charge in [0.15, 0.2) is 0 Å². The van der Waals surface area contributed by atoms with Crippen molar-refractivity contribution in [2.75, 3.05) is 19.8 Å². The molecule has 4 nitrogen and oxygen atoms in total.